The van der Waals surface area contributed by atoms with Gasteiger partial charge in [0.1, 0.15) is 5.82 Å². The van der Waals surface area contributed by atoms with E-state index in [1.54, 1.807) is 24.1 Å². The molecule has 1 aliphatic rings. The van der Waals surface area contributed by atoms with Gasteiger partial charge in [0.25, 0.3) is 0 Å². The number of piperidine rings is 1. The number of carbonyl (C=O) groups is 1. The number of hydrogen-bond donors (Lipinski definition) is 0. The molecule has 7 heteroatoms. The molecule has 2 aromatic carbocycles. The highest BCUT2D eigenvalue weighted by Gasteiger charge is 2.28. The Morgan fingerprint density at radius 2 is 1.94 bits per heavy atom. The molecule has 31 heavy (non-hydrogen) atoms. The Morgan fingerprint density at radius 1 is 1.19 bits per heavy atom. The second-order valence-electron chi connectivity index (χ2n) is 8.27. The van der Waals surface area contributed by atoms with Gasteiger partial charge in [-0.3, -0.25) is 9.69 Å². The van der Waals surface area contributed by atoms with Crippen LogP contribution in [0.25, 0.3) is 11.4 Å². The van der Waals surface area contributed by atoms with Crippen molar-refractivity contribution in [1.29, 1.82) is 0 Å². The van der Waals surface area contributed by atoms with Gasteiger partial charge in [-0.1, -0.05) is 47.1 Å². The molecule has 1 saturated heterocycles. The lowest BCUT2D eigenvalue weighted by Gasteiger charge is -2.33. The largest absolute Gasteiger partial charge is 0.337 e. The number of rotatable bonds is 6. The van der Waals surface area contributed by atoms with Crippen molar-refractivity contribution in [2.45, 2.75) is 32.9 Å². The minimum absolute atomic E-state index is 0.0707. The summed E-state index contributed by atoms with van der Waals surface area (Å²) in [6.45, 7) is 4.66. The van der Waals surface area contributed by atoms with Crippen LogP contribution < -0.4 is 0 Å². The number of amides is 1. The van der Waals surface area contributed by atoms with Crippen LogP contribution in [-0.4, -0.2) is 46.0 Å². The number of benzene rings is 2. The van der Waals surface area contributed by atoms with E-state index in [1.807, 2.05) is 31.2 Å². The fourth-order valence-electron chi connectivity index (χ4n) is 3.98. The zero-order chi connectivity index (χ0) is 21.8. The van der Waals surface area contributed by atoms with Crippen molar-refractivity contribution < 1.29 is 13.7 Å². The molecular weight excluding hydrogens is 395 g/mol. The lowest BCUT2D eigenvalue weighted by atomic mass is 9.96. The summed E-state index contributed by atoms with van der Waals surface area (Å²) in [7, 11) is 1.77. The average molecular weight is 423 g/mol. The molecule has 1 aliphatic heterocycles. The van der Waals surface area contributed by atoms with E-state index in [9.17, 15) is 9.18 Å². The zero-order valence-electron chi connectivity index (χ0n) is 17.9. The Bertz CT molecular complexity index is 1020. The molecule has 2 heterocycles. The molecule has 0 bridgehead atoms. The van der Waals surface area contributed by atoms with E-state index in [4.69, 9.17) is 4.52 Å². The molecule has 1 fully saturated rings. The average Bonchev–Trinajstić information content (AvgIpc) is 3.24. The predicted molar refractivity (Wildman–Crippen MR) is 115 cm³/mol. The SMILES string of the molecule is Cc1ccc(-c2noc(CN(C)C(=O)C3CCCN(Cc4ccc(F)cc4)C3)n2)cc1. The van der Waals surface area contributed by atoms with Crippen molar-refractivity contribution in [2.24, 2.45) is 5.92 Å². The minimum Gasteiger partial charge on any atom is -0.337 e. The van der Waals surface area contributed by atoms with E-state index in [1.165, 1.54) is 17.7 Å². The first-order valence-corrected chi connectivity index (χ1v) is 10.6. The summed E-state index contributed by atoms with van der Waals surface area (Å²) in [5.74, 6) is 0.727. The molecule has 4 rings (SSSR count). The molecule has 1 aromatic heterocycles. The Hall–Kier alpha value is -3.06. The fourth-order valence-corrected chi connectivity index (χ4v) is 3.98. The maximum atomic E-state index is 13.1. The third-order valence-corrected chi connectivity index (χ3v) is 5.70. The van der Waals surface area contributed by atoms with E-state index in [2.05, 4.69) is 15.0 Å². The molecule has 3 aromatic rings. The van der Waals surface area contributed by atoms with Crippen molar-refractivity contribution in [3.63, 3.8) is 0 Å². The van der Waals surface area contributed by atoms with Crippen LogP contribution in [0.2, 0.25) is 0 Å². The van der Waals surface area contributed by atoms with Crippen LogP contribution in [-0.2, 0) is 17.9 Å². The normalized spacial score (nSPS) is 16.9. The Labute approximate surface area is 181 Å². The van der Waals surface area contributed by atoms with Crippen molar-refractivity contribution in [2.75, 3.05) is 20.1 Å². The van der Waals surface area contributed by atoms with Gasteiger partial charge in [0.2, 0.25) is 17.6 Å². The molecule has 0 aliphatic carbocycles. The first kappa shape index (κ1) is 21.2. The van der Waals surface area contributed by atoms with Gasteiger partial charge in [-0.25, -0.2) is 4.39 Å². The molecule has 1 amide bonds. The van der Waals surface area contributed by atoms with E-state index >= 15 is 0 Å². The molecule has 6 nitrogen and oxygen atoms in total. The van der Waals surface area contributed by atoms with Crippen molar-refractivity contribution >= 4 is 5.91 Å². The highest BCUT2D eigenvalue weighted by atomic mass is 19.1. The Balaban J connectivity index is 1.34. The van der Waals surface area contributed by atoms with Crippen LogP contribution >= 0.6 is 0 Å². The lowest BCUT2D eigenvalue weighted by molar-refractivity contribution is -0.137. The molecule has 0 spiro atoms. The van der Waals surface area contributed by atoms with E-state index < -0.39 is 0 Å². The highest BCUT2D eigenvalue weighted by molar-refractivity contribution is 5.78. The number of carbonyl (C=O) groups excluding carboxylic acids is 1. The third-order valence-electron chi connectivity index (χ3n) is 5.70. The second kappa shape index (κ2) is 9.39. The smallest absolute Gasteiger partial charge is 0.246 e. The summed E-state index contributed by atoms with van der Waals surface area (Å²) in [5, 5.41) is 4.05. The molecule has 162 valence electrons. The summed E-state index contributed by atoms with van der Waals surface area (Å²) in [6.07, 6.45) is 1.82. The van der Waals surface area contributed by atoms with E-state index in [0.717, 1.165) is 37.1 Å². The summed E-state index contributed by atoms with van der Waals surface area (Å²) >= 11 is 0. The summed E-state index contributed by atoms with van der Waals surface area (Å²) in [6, 6.07) is 14.5. The monoisotopic (exact) mass is 422 g/mol. The highest BCUT2D eigenvalue weighted by Crippen LogP contribution is 2.22. The number of likely N-dealkylation sites (tertiary alicyclic amines) is 1. The maximum absolute atomic E-state index is 13.1. The molecular formula is C24H27FN4O2. The van der Waals surface area contributed by atoms with Crippen LogP contribution in [0.3, 0.4) is 0 Å². The van der Waals surface area contributed by atoms with Crippen LogP contribution in [0.1, 0.15) is 29.9 Å². The fraction of sp³-hybridized carbons (Fsp3) is 0.375. The number of hydrogen-bond acceptors (Lipinski definition) is 5. The van der Waals surface area contributed by atoms with Gasteiger partial charge in [-0.15, -0.1) is 0 Å². The first-order chi connectivity index (χ1) is 15.0. The van der Waals surface area contributed by atoms with Gasteiger partial charge in [0.15, 0.2) is 0 Å². The number of aryl methyl sites for hydroxylation is 1. The standard InChI is InChI=1S/C24H27FN4O2/c1-17-5-9-19(10-6-17)23-26-22(31-27-23)16-28(2)24(30)20-4-3-13-29(15-20)14-18-7-11-21(25)12-8-18/h5-12,20H,3-4,13-16H2,1-2H3. The van der Waals surface area contributed by atoms with Crippen LogP contribution in [0.5, 0.6) is 0 Å². The molecule has 0 N–H and O–H groups in total. The maximum Gasteiger partial charge on any atom is 0.246 e. The quantitative estimate of drug-likeness (QED) is 0.600. The number of halogens is 1. The lowest BCUT2D eigenvalue weighted by Crippen LogP contribution is -2.43. The van der Waals surface area contributed by atoms with Gasteiger partial charge in [0, 0.05) is 25.7 Å². The third kappa shape index (κ3) is 5.35. The van der Waals surface area contributed by atoms with E-state index in [-0.39, 0.29) is 24.2 Å². The van der Waals surface area contributed by atoms with Crippen LogP contribution in [0.15, 0.2) is 53.1 Å². The van der Waals surface area contributed by atoms with Gasteiger partial charge >= 0.3 is 0 Å². The van der Waals surface area contributed by atoms with Crippen LogP contribution in [0.4, 0.5) is 4.39 Å². The zero-order valence-corrected chi connectivity index (χ0v) is 17.9. The molecule has 0 radical (unpaired) electrons. The number of aromatic nitrogens is 2. The van der Waals surface area contributed by atoms with Crippen LogP contribution in [0, 0.1) is 18.7 Å². The minimum atomic E-state index is -0.233. The molecule has 1 unspecified atom stereocenters. The number of nitrogens with zero attached hydrogens (tertiary/aromatic N) is 4. The first-order valence-electron chi connectivity index (χ1n) is 10.6. The second-order valence-corrected chi connectivity index (χ2v) is 8.27. The Kier molecular flexibility index (Phi) is 6.42. The van der Waals surface area contributed by atoms with Gasteiger partial charge in [0.05, 0.1) is 12.5 Å². The van der Waals surface area contributed by atoms with Crippen molar-refractivity contribution in [1.82, 2.24) is 19.9 Å². The van der Waals surface area contributed by atoms with Crippen molar-refractivity contribution in [3.8, 4) is 11.4 Å². The predicted octanol–water partition coefficient (Wildman–Crippen LogP) is 4.05. The van der Waals surface area contributed by atoms with Gasteiger partial charge in [-0.05, 0) is 44.0 Å². The summed E-state index contributed by atoms with van der Waals surface area (Å²) in [4.78, 5) is 21.4. The Morgan fingerprint density at radius 3 is 2.68 bits per heavy atom. The summed E-state index contributed by atoms with van der Waals surface area (Å²) in [5.41, 5.74) is 3.11. The van der Waals surface area contributed by atoms with Crippen molar-refractivity contribution in [3.05, 3.63) is 71.4 Å². The molecule has 1 atom stereocenters. The summed E-state index contributed by atoms with van der Waals surface area (Å²) < 4.78 is 18.5. The van der Waals surface area contributed by atoms with E-state index in [0.29, 0.717) is 18.3 Å². The topological polar surface area (TPSA) is 62.5 Å². The van der Waals surface area contributed by atoms with Gasteiger partial charge < -0.3 is 9.42 Å². The van der Waals surface area contributed by atoms with Gasteiger partial charge in [-0.2, -0.15) is 4.98 Å². The molecule has 0 saturated carbocycles.